The summed E-state index contributed by atoms with van der Waals surface area (Å²) in [4.78, 5) is 58.6. The first-order valence-electron chi connectivity index (χ1n) is 13.4. The number of ether oxygens (including phenoxy) is 1. The quantitative estimate of drug-likeness (QED) is 0.488. The van der Waals surface area contributed by atoms with Crippen molar-refractivity contribution in [2.75, 3.05) is 6.54 Å². The van der Waals surface area contributed by atoms with E-state index in [1.54, 1.807) is 25.7 Å². The van der Waals surface area contributed by atoms with Crippen LogP contribution in [-0.4, -0.2) is 64.2 Å². The fraction of sp³-hybridized carbons (Fsp3) is 0.630. The Bertz CT molecular complexity index is 1090. The molecule has 2 saturated heterocycles. The van der Waals surface area contributed by atoms with E-state index in [2.05, 4.69) is 16.2 Å². The van der Waals surface area contributed by atoms with Gasteiger partial charge in [0, 0.05) is 18.5 Å². The molecule has 4 aliphatic rings. The van der Waals surface area contributed by atoms with Crippen LogP contribution < -0.4 is 16.2 Å². The van der Waals surface area contributed by atoms with Gasteiger partial charge in [0.1, 0.15) is 18.2 Å². The van der Waals surface area contributed by atoms with Gasteiger partial charge in [-0.05, 0) is 70.3 Å². The number of hydrazine groups is 1. The lowest BCUT2D eigenvalue weighted by Gasteiger charge is -2.35. The van der Waals surface area contributed by atoms with Crippen LogP contribution in [0.25, 0.3) is 0 Å². The van der Waals surface area contributed by atoms with E-state index in [-0.39, 0.29) is 42.0 Å². The number of fused-ring (bicyclic) bond motifs is 3. The molecule has 11 heteroatoms. The smallest absolute Gasteiger partial charge is 0.407 e. The molecular formula is C27H37N5O6. The van der Waals surface area contributed by atoms with Crippen molar-refractivity contribution in [1.82, 2.24) is 26.1 Å². The number of carbonyl (C=O) groups is 4. The second-order valence-electron chi connectivity index (χ2n) is 11.9. The van der Waals surface area contributed by atoms with Crippen molar-refractivity contribution >= 4 is 23.9 Å². The third kappa shape index (κ3) is 5.57. The number of hydroxylamine groups is 2. The highest BCUT2D eigenvalue weighted by Gasteiger charge is 2.64. The molecule has 2 saturated carbocycles. The first-order chi connectivity index (χ1) is 18.0. The maximum atomic E-state index is 13.2. The van der Waals surface area contributed by atoms with E-state index in [1.165, 1.54) is 5.06 Å². The van der Waals surface area contributed by atoms with Gasteiger partial charge in [0.05, 0.1) is 6.04 Å². The number of piperidine rings is 1. The second kappa shape index (κ2) is 10.1. The zero-order valence-corrected chi connectivity index (χ0v) is 22.2. The Morgan fingerprint density at radius 1 is 1.05 bits per heavy atom. The van der Waals surface area contributed by atoms with Gasteiger partial charge in [-0.2, -0.15) is 5.06 Å². The molecule has 5 amide bonds. The lowest BCUT2D eigenvalue weighted by Crippen LogP contribution is -2.56. The van der Waals surface area contributed by atoms with Crippen LogP contribution in [-0.2, 0) is 25.8 Å². The summed E-state index contributed by atoms with van der Waals surface area (Å²) >= 11 is 0. The van der Waals surface area contributed by atoms with Crippen molar-refractivity contribution < 1.29 is 28.8 Å². The molecule has 3 N–H and O–H groups in total. The number of alkyl carbamates (subject to hydrolysis) is 1. The first-order valence-corrected chi connectivity index (χ1v) is 13.4. The normalized spacial score (nSPS) is 27.3. The number of hydrogen-bond acceptors (Lipinski definition) is 6. The van der Waals surface area contributed by atoms with Crippen LogP contribution in [0.1, 0.15) is 64.9 Å². The number of nitrogens with one attached hydrogen (secondary N) is 3. The minimum Gasteiger partial charge on any atom is -0.444 e. The fourth-order valence-corrected chi connectivity index (χ4v) is 5.86. The zero-order chi connectivity index (χ0) is 27.1. The van der Waals surface area contributed by atoms with Crippen LogP contribution in [0.15, 0.2) is 30.3 Å². The largest absolute Gasteiger partial charge is 0.444 e. The van der Waals surface area contributed by atoms with Gasteiger partial charge in [-0.3, -0.25) is 25.3 Å². The molecule has 0 radical (unpaired) electrons. The lowest BCUT2D eigenvalue weighted by molar-refractivity contribution is -0.153. The van der Waals surface area contributed by atoms with Gasteiger partial charge in [0.2, 0.25) is 5.91 Å². The van der Waals surface area contributed by atoms with E-state index >= 15 is 0 Å². The van der Waals surface area contributed by atoms with Crippen molar-refractivity contribution in [2.24, 2.45) is 11.3 Å². The molecule has 5 rings (SSSR count). The molecule has 2 heterocycles. The maximum absolute atomic E-state index is 13.2. The SMILES string of the molecule is CC(C)(C)OC(=O)N[C@@H]1CC[C@H](C(=O)NNC(=O)C2CC3(CC3)[C@H]3CN2C(=O)N3OCc2ccccc2)C1. The lowest BCUT2D eigenvalue weighted by atomic mass is 9.85. The number of rotatable bonds is 6. The van der Waals surface area contributed by atoms with Crippen LogP contribution in [0.2, 0.25) is 0 Å². The average molecular weight is 528 g/mol. The van der Waals surface area contributed by atoms with Gasteiger partial charge in [0.25, 0.3) is 5.91 Å². The summed E-state index contributed by atoms with van der Waals surface area (Å²) in [5, 5.41) is 4.27. The highest BCUT2D eigenvalue weighted by atomic mass is 16.7. The van der Waals surface area contributed by atoms with E-state index in [9.17, 15) is 19.2 Å². The minimum atomic E-state index is -0.669. The number of amides is 5. The highest BCUT2D eigenvalue weighted by molar-refractivity contribution is 5.90. The Kier molecular flexibility index (Phi) is 6.97. The molecule has 4 atom stereocenters. The van der Waals surface area contributed by atoms with Crippen molar-refractivity contribution in [1.29, 1.82) is 0 Å². The minimum absolute atomic E-state index is 0.0785. The number of nitrogens with zero attached hydrogens (tertiary/aromatic N) is 2. The van der Waals surface area contributed by atoms with E-state index in [0.29, 0.717) is 32.2 Å². The van der Waals surface area contributed by atoms with Crippen molar-refractivity contribution in [3.63, 3.8) is 0 Å². The van der Waals surface area contributed by atoms with Crippen LogP contribution in [0.5, 0.6) is 0 Å². The molecule has 2 aliphatic carbocycles. The van der Waals surface area contributed by atoms with E-state index < -0.39 is 23.6 Å². The third-order valence-corrected chi connectivity index (χ3v) is 8.01. The summed E-state index contributed by atoms with van der Waals surface area (Å²) in [6.45, 7) is 6.10. The van der Waals surface area contributed by atoms with Crippen LogP contribution in [0.3, 0.4) is 0 Å². The molecule has 0 aromatic heterocycles. The fourth-order valence-electron chi connectivity index (χ4n) is 5.86. The topological polar surface area (TPSA) is 129 Å². The van der Waals surface area contributed by atoms with Gasteiger partial charge >= 0.3 is 12.1 Å². The Labute approximate surface area is 222 Å². The Balaban J connectivity index is 1.12. The molecule has 11 nitrogen and oxygen atoms in total. The molecular weight excluding hydrogens is 490 g/mol. The second-order valence-corrected chi connectivity index (χ2v) is 11.9. The summed E-state index contributed by atoms with van der Waals surface area (Å²) < 4.78 is 5.29. The molecule has 2 bridgehead atoms. The van der Waals surface area contributed by atoms with E-state index in [4.69, 9.17) is 9.57 Å². The standard InChI is InChI=1S/C27H37N5O6/c1-26(2,3)38-24(35)28-19-10-9-18(13-19)22(33)29-30-23(34)20-14-27(11-12-27)21-15-31(20)25(36)32(21)37-16-17-7-5-4-6-8-17/h4-8,18-21H,9-16H2,1-3H3,(H,28,35)(H,29,33)(H,30,34)/t18-,19+,20?,21+/m0/s1. The first kappa shape index (κ1) is 26.3. The molecule has 1 unspecified atom stereocenters. The molecule has 1 aromatic rings. The number of carbonyl (C=O) groups excluding carboxylic acids is 4. The van der Waals surface area contributed by atoms with E-state index in [0.717, 1.165) is 18.4 Å². The highest BCUT2D eigenvalue weighted by Crippen LogP contribution is 2.59. The maximum Gasteiger partial charge on any atom is 0.407 e. The summed E-state index contributed by atoms with van der Waals surface area (Å²) in [7, 11) is 0. The summed E-state index contributed by atoms with van der Waals surface area (Å²) in [5.41, 5.74) is 5.35. The Morgan fingerprint density at radius 2 is 1.76 bits per heavy atom. The van der Waals surface area contributed by atoms with Crippen LogP contribution >= 0.6 is 0 Å². The summed E-state index contributed by atoms with van der Waals surface area (Å²) in [6.07, 6.45) is 3.63. The number of benzene rings is 1. The van der Waals surface area contributed by atoms with E-state index in [1.807, 2.05) is 30.3 Å². The van der Waals surface area contributed by atoms with Crippen LogP contribution in [0, 0.1) is 11.3 Å². The Hall–Kier alpha value is -3.34. The molecule has 1 aromatic carbocycles. The summed E-state index contributed by atoms with van der Waals surface area (Å²) in [6, 6.07) is 8.44. The predicted molar refractivity (Wildman–Crippen MR) is 136 cm³/mol. The third-order valence-electron chi connectivity index (χ3n) is 8.01. The monoisotopic (exact) mass is 527 g/mol. The Morgan fingerprint density at radius 3 is 2.45 bits per heavy atom. The predicted octanol–water partition coefficient (Wildman–Crippen LogP) is 2.62. The van der Waals surface area contributed by atoms with Crippen LogP contribution in [0.4, 0.5) is 9.59 Å². The van der Waals surface area contributed by atoms with Crippen molar-refractivity contribution in [3.05, 3.63) is 35.9 Å². The van der Waals surface area contributed by atoms with Gasteiger partial charge in [-0.25, -0.2) is 9.59 Å². The average Bonchev–Trinajstić information content (AvgIpc) is 3.36. The zero-order valence-electron chi connectivity index (χ0n) is 22.2. The van der Waals surface area contributed by atoms with Gasteiger partial charge in [-0.1, -0.05) is 30.3 Å². The number of urea groups is 1. The van der Waals surface area contributed by atoms with Gasteiger partial charge in [-0.15, -0.1) is 0 Å². The number of hydrogen-bond donors (Lipinski definition) is 3. The molecule has 38 heavy (non-hydrogen) atoms. The molecule has 1 spiro atoms. The van der Waals surface area contributed by atoms with Gasteiger partial charge in [0.15, 0.2) is 0 Å². The van der Waals surface area contributed by atoms with Crippen molar-refractivity contribution in [2.45, 2.75) is 89.6 Å². The molecule has 2 aliphatic heterocycles. The van der Waals surface area contributed by atoms with Gasteiger partial charge < -0.3 is 15.0 Å². The molecule has 206 valence electrons. The summed E-state index contributed by atoms with van der Waals surface area (Å²) in [5.74, 6) is -1.04. The van der Waals surface area contributed by atoms with Crippen molar-refractivity contribution in [3.8, 4) is 0 Å². The molecule has 4 fully saturated rings.